The molecule has 2 N–H and O–H groups in total. The first-order chi connectivity index (χ1) is 10.4. The first-order valence-corrected chi connectivity index (χ1v) is 8.94. The molecule has 6 nitrogen and oxygen atoms in total. The van der Waals surface area contributed by atoms with Crippen molar-refractivity contribution < 1.29 is 18.3 Å². The van der Waals surface area contributed by atoms with Crippen LogP contribution in [-0.2, 0) is 16.6 Å². The average molecular weight is 326 g/mol. The molecule has 0 radical (unpaired) electrons. The first-order valence-electron chi connectivity index (χ1n) is 7.50. The first kappa shape index (κ1) is 15.7. The quantitative estimate of drug-likeness (QED) is 0.840. The summed E-state index contributed by atoms with van der Waals surface area (Å²) in [6, 6.07) is 5.53. The van der Waals surface area contributed by atoms with Crippen LogP contribution in [0, 0.1) is 5.92 Å². The third kappa shape index (κ3) is 2.99. The SMILES string of the molecule is CN(C)S(=O)(=O)N[C@@H](c1ccc2c(c1)CCO2)C1CC(O)C1. The summed E-state index contributed by atoms with van der Waals surface area (Å²) in [6.45, 7) is 0.676. The van der Waals surface area contributed by atoms with Gasteiger partial charge in [0.05, 0.1) is 18.8 Å². The van der Waals surface area contributed by atoms with Gasteiger partial charge >= 0.3 is 0 Å². The van der Waals surface area contributed by atoms with E-state index in [1.54, 1.807) is 0 Å². The monoisotopic (exact) mass is 326 g/mol. The number of aliphatic hydroxyl groups is 1. The van der Waals surface area contributed by atoms with Crippen molar-refractivity contribution in [3.05, 3.63) is 29.3 Å². The summed E-state index contributed by atoms with van der Waals surface area (Å²) in [5.41, 5.74) is 2.05. The van der Waals surface area contributed by atoms with Crippen molar-refractivity contribution in [1.82, 2.24) is 9.03 Å². The molecule has 22 heavy (non-hydrogen) atoms. The summed E-state index contributed by atoms with van der Waals surface area (Å²) in [5, 5.41) is 9.57. The molecule has 122 valence electrons. The van der Waals surface area contributed by atoms with Crippen molar-refractivity contribution in [1.29, 1.82) is 0 Å². The van der Waals surface area contributed by atoms with Gasteiger partial charge in [0, 0.05) is 20.5 Å². The van der Waals surface area contributed by atoms with E-state index in [2.05, 4.69) is 4.72 Å². The van der Waals surface area contributed by atoms with E-state index in [1.807, 2.05) is 18.2 Å². The van der Waals surface area contributed by atoms with Crippen LogP contribution in [0.4, 0.5) is 0 Å². The highest BCUT2D eigenvalue weighted by Gasteiger charge is 2.37. The Labute approximate surface area is 131 Å². The summed E-state index contributed by atoms with van der Waals surface area (Å²) < 4.78 is 33.8. The van der Waals surface area contributed by atoms with E-state index < -0.39 is 10.2 Å². The molecule has 2 aliphatic rings. The van der Waals surface area contributed by atoms with E-state index in [-0.39, 0.29) is 18.1 Å². The fourth-order valence-corrected chi connectivity index (χ4v) is 3.86. The summed E-state index contributed by atoms with van der Waals surface area (Å²) in [4.78, 5) is 0. The van der Waals surface area contributed by atoms with Crippen molar-refractivity contribution in [2.75, 3.05) is 20.7 Å². The third-order valence-corrected chi connectivity index (χ3v) is 5.96. The van der Waals surface area contributed by atoms with Gasteiger partial charge in [-0.05, 0) is 36.0 Å². The Morgan fingerprint density at radius 2 is 2.09 bits per heavy atom. The standard InChI is InChI=1S/C15H22N2O4S/c1-17(2)22(19,20)16-15(12-8-13(18)9-12)11-3-4-14-10(7-11)5-6-21-14/h3-4,7,12-13,15-16,18H,5-6,8-9H2,1-2H3/t12?,13?,15-/m0/s1. The van der Waals surface area contributed by atoms with Gasteiger partial charge in [0.15, 0.2) is 0 Å². The van der Waals surface area contributed by atoms with Gasteiger partial charge < -0.3 is 9.84 Å². The van der Waals surface area contributed by atoms with Crippen LogP contribution in [0.1, 0.15) is 30.0 Å². The maximum absolute atomic E-state index is 12.2. The predicted molar refractivity (Wildman–Crippen MR) is 82.9 cm³/mol. The van der Waals surface area contributed by atoms with Gasteiger partial charge in [-0.25, -0.2) is 0 Å². The van der Waals surface area contributed by atoms with Crippen LogP contribution in [-0.4, -0.2) is 44.6 Å². The van der Waals surface area contributed by atoms with Crippen LogP contribution in [0.2, 0.25) is 0 Å². The Morgan fingerprint density at radius 3 is 2.73 bits per heavy atom. The van der Waals surface area contributed by atoms with E-state index >= 15 is 0 Å². The maximum atomic E-state index is 12.2. The minimum absolute atomic E-state index is 0.116. The Kier molecular flexibility index (Phi) is 4.15. The molecule has 3 rings (SSSR count). The van der Waals surface area contributed by atoms with Crippen LogP contribution in [0.15, 0.2) is 18.2 Å². The molecule has 1 aliphatic carbocycles. The van der Waals surface area contributed by atoms with E-state index in [4.69, 9.17) is 4.74 Å². The van der Waals surface area contributed by atoms with Crippen molar-refractivity contribution in [2.24, 2.45) is 5.92 Å². The lowest BCUT2D eigenvalue weighted by Crippen LogP contribution is -2.45. The summed E-state index contributed by atoms with van der Waals surface area (Å²) in [7, 11) is -0.517. The number of hydrogen-bond acceptors (Lipinski definition) is 4. The van der Waals surface area contributed by atoms with Crippen molar-refractivity contribution in [3.63, 3.8) is 0 Å². The Bertz CT molecular complexity index is 654. The molecule has 1 aromatic carbocycles. The molecule has 1 atom stereocenters. The van der Waals surface area contributed by atoms with Crippen LogP contribution in [0.3, 0.4) is 0 Å². The highest BCUT2D eigenvalue weighted by molar-refractivity contribution is 7.87. The van der Waals surface area contributed by atoms with E-state index in [0.29, 0.717) is 19.4 Å². The third-order valence-electron chi connectivity index (χ3n) is 4.45. The minimum atomic E-state index is -3.53. The lowest BCUT2D eigenvalue weighted by molar-refractivity contribution is 0.0278. The molecule has 1 fully saturated rings. The number of fused-ring (bicyclic) bond motifs is 1. The van der Waals surface area contributed by atoms with Gasteiger partial charge in [-0.1, -0.05) is 12.1 Å². The molecule has 1 aliphatic heterocycles. The van der Waals surface area contributed by atoms with Gasteiger partial charge in [0.1, 0.15) is 5.75 Å². The second-order valence-electron chi connectivity index (χ2n) is 6.23. The zero-order valence-corrected chi connectivity index (χ0v) is 13.6. The zero-order chi connectivity index (χ0) is 15.9. The number of hydrogen-bond donors (Lipinski definition) is 2. The number of aliphatic hydroxyl groups excluding tert-OH is 1. The van der Waals surface area contributed by atoms with Crippen molar-refractivity contribution in [2.45, 2.75) is 31.4 Å². The fraction of sp³-hybridized carbons (Fsp3) is 0.600. The smallest absolute Gasteiger partial charge is 0.279 e. The molecular weight excluding hydrogens is 304 g/mol. The number of rotatable bonds is 5. The molecule has 7 heteroatoms. The van der Waals surface area contributed by atoms with Gasteiger partial charge in [-0.3, -0.25) is 0 Å². The molecule has 1 heterocycles. The second kappa shape index (κ2) is 5.81. The molecule has 0 saturated heterocycles. The molecule has 0 amide bonds. The Balaban J connectivity index is 1.88. The molecule has 0 aromatic heterocycles. The van der Waals surface area contributed by atoms with Crippen LogP contribution < -0.4 is 9.46 Å². The molecule has 0 unspecified atom stereocenters. The maximum Gasteiger partial charge on any atom is 0.279 e. The van der Waals surface area contributed by atoms with Crippen molar-refractivity contribution in [3.8, 4) is 5.75 Å². The number of nitrogens with one attached hydrogen (secondary N) is 1. The van der Waals surface area contributed by atoms with E-state index in [9.17, 15) is 13.5 Å². The Morgan fingerprint density at radius 1 is 1.36 bits per heavy atom. The lowest BCUT2D eigenvalue weighted by atomic mass is 9.75. The zero-order valence-electron chi connectivity index (χ0n) is 12.8. The minimum Gasteiger partial charge on any atom is -0.493 e. The normalized spacial score (nSPS) is 25.5. The molecular formula is C15H22N2O4S. The fourth-order valence-electron chi connectivity index (χ4n) is 3.00. The highest BCUT2D eigenvalue weighted by Crippen LogP contribution is 2.40. The van der Waals surface area contributed by atoms with Gasteiger partial charge in [0.25, 0.3) is 10.2 Å². The van der Waals surface area contributed by atoms with Gasteiger partial charge in [-0.15, -0.1) is 0 Å². The van der Waals surface area contributed by atoms with E-state index in [0.717, 1.165) is 23.3 Å². The molecule has 1 aromatic rings. The van der Waals surface area contributed by atoms with Crippen LogP contribution in [0.25, 0.3) is 0 Å². The molecule has 0 spiro atoms. The molecule has 1 saturated carbocycles. The van der Waals surface area contributed by atoms with Gasteiger partial charge in [0.2, 0.25) is 0 Å². The predicted octanol–water partition coefficient (Wildman–Crippen LogP) is 0.829. The number of nitrogens with zero attached hydrogens (tertiary/aromatic N) is 1. The van der Waals surface area contributed by atoms with Crippen LogP contribution >= 0.6 is 0 Å². The number of ether oxygens (including phenoxy) is 1. The average Bonchev–Trinajstić information content (AvgIpc) is 2.88. The number of benzene rings is 1. The largest absolute Gasteiger partial charge is 0.493 e. The topological polar surface area (TPSA) is 78.9 Å². The molecule has 0 bridgehead atoms. The second-order valence-corrected chi connectivity index (χ2v) is 8.15. The summed E-state index contributed by atoms with van der Waals surface area (Å²) >= 11 is 0. The highest BCUT2D eigenvalue weighted by atomic mass is 32.2. The summed E-state index contributed by atoms with van der Waals surface area (Å²) in [5.74, 6) is 0.997. The summed E-state index contributed by atoms with van der Waals surface area (Å²) in [6.07, 6.45) is 1.76. The van der Waals surface area contributed by atoms with Gasteiger partial charge in [-0.2, -0.15) is 17.4 Å². The van der Waals surface area contributed by atoms with Crippen LogP contribution in [0.5, 0.6) is 5.75 Å². The van der Waals surface area contributed by atoms with Crippen molar-refractivity contribution >= 4 is 10.2 Å². The Hall–Kier alpha value is -1.15. The van der Waals surface area contributed by atoms with E-state index in [1.165, 1.54) is 18.4 Å². The lowest BCUT2D eigenvalue weighted by Gasteiger charge is -2.38.